The third-order valence-electron chi connectivity index (χ3n) is 4.97. The first-order valence-corrected chi connectivity index (χ1v) is 13.3. The second-order valence-electron chi connectivity index (χ2n) is 7.83. The largest absolute Gasteiger partial charge is 0.481 e. The van der Waals surface area contributed by atoms with Crippen molar-refractivity contribution in [2.24, 2.45) is 0 Å². The molecular formula is C26H27ClN2O3S2. The third-order valence-corrected chi connectivity index (χ3v) is 8.06. The van der Waals surface area contributed by atoms with E-state index in [1.807, 2.05) is 60.7 Å². The summed E-state index contributed by atoms with van der Waals surface area (Å²) in [4.78, 5) is 29.2. The number of rotatable bonds is 11. The Hall–Kier alpha value is -2.48. The van der Waals surface area contributed by atoms with Crippen molar-refractivity contribution in [2.75, 3.05) is 25.6 Å². The van der Waals surface area contributed by atoms with E-state index in [9.17, 15) is 9.59 Å². The SMILES string of the molecule is CN(C)C(=O)CCSC(SCCC(=O)O)c1cccc(/C=C\c2ccc3ccc(Cl)cc3n2)c1. The standard InChI is InChI=1S/C26H27ClN2O3S2/c1-29(2)24(30)12-14-33-26(34-15-13-25(31)32)20-5-3-4-18(16-20)6-10-22-11-8-19-7-9-21(27)17-23(19)28-22/h3-11,16-17,26H,12-15H2,1-2H3,(H,31,32)/b10-6-. The van der Waals surface area contributed by atoms with Gasteiger partial charge in [-0.25, -0.2) is 4.98 Å². The highest BCUT2D eigenvalue weighted by Crippen LogP contribution is 2.40. The number of carboxylic acids is 1. The summed E-state index contributed by atoms with van der Waals surface area (Å²) in [6.45, 7) is 0. The monoisotopic (exact) mass is 514 g/mol. The summed E-state index contributed by atoms with van der Waals surface area (Å²) in [7, 11) is 3.50. The normalized spacial score (nSPS) is 12.2. The molecule has 178 valence electrons. The van der Waals surface area contributed by atoms with Gasteiger partial charge in [0.05, 0.1) is 22.2 Å². The fourth-order valence-corrected chi connectivity index (χ4v) is 5.98. The van der Waals surface area contributed by atoms with Gasteiger partial charge in [0, 0.05) is 42.4 Å². The Morgan fingerprint density at radius 2 is 1.76 bits per heavy atom. The number of hydrogen-bond acceptors (Lipinski definition) is 5. The number of carbonyl (C=O) groups is 2. The van der Waals surface area contributed by atoms with E-state index in [-0.39, 0.29) is 16.9 Å². The maximum Gasteiger partial charge on any atom is 0.304 e. The Morgan fingerprint density at radius 3 is 2.50 bits per heavy atom. The molecule has 0 saturated heterocycles. The number of benzene rings is 2. The molecule has 34 heavy (non-hydrogen) atoms. The van der Waals surface area contributed by atoms with Crippen molar-refractivity contribution in [1.82, 2.24) is 9.88 Å². The molecule has 0 aliphatic carbocycles. The van der Waals surface area contributed by atoms with Gasteiger partial charge in [0.15, 0.2) is 0 Å². The summed E-state index contributed by atoms with van der Waals surface area (Å²) < 4.78 is 0.0450. The summed E-state index contributed by atoms with van der Waals surface area (Å²) in [6, 6.07) is 17.8. The molecular weight excluding hydrogens is 488 g/mol. The Kier molecular flexibility index (Phi) is 9.86. The van der Waals surface area contributed by atoms with Crippen LogP contribution in [0.4, 0.5) is 0 Å². The molecule has 0 radical (unpaired) electrons. The molecule has 8 heteroatoms. The first kappa shape index (κ1) is 26.1. The fraction of sp³-hybridized carbons (Fsp3) is 0.269. The van der Waals surface area contributed by atoms with E-state index in [0.717, 1.165) is 27.7 Å². The van der Waals surface area contributed by atoms with Crippen molar-refractivity contribution in [3.05, 3.63) is 76.4 Å². The average Bonchev–Trinajstić information content (AvgIpc) is 2.81. The Bertz CT molecular complexity index is 1180. The Balaban J connectivity index is 1.74. The van der Waals surface area contributed by atoms with Crippen LogP contribution >= 0.6 is 35.1 Å². The molecule has 1 aromatic heterocycles. The number of pyridine rings is 1. The average molecular weight is 515 g/mol. The van der Waals surface area contributed by atoms with Gasteiger partial charge in [0.25, 0.3) is 0 Å². The molecule has 0 spiro atoms. The molecule has 3 rings (SSSR count). The van der Waals surface area contributed by atoms with Crippen LogP contribution in [0, 0.1) is 0 Å². The van der Waals surface area contributed by atoms with Gasteiger partial charge < -0.3 is 10.0 Å². The number of carboxylic acid groups (broad SMARTS) is 1. The molecule has 1 amide bonds. The maximum atomic E-state index is 11.9. The van der Waals surface area contributed by atoms with Gasteiger partial charge >= 0.3 is 5.97 Å². The van der Waals surface area contributed by atoms with E-state index in [4.69, 9.17) is 16.7 Å². The lowest BCUT2D eigenvalue weighted by molar-refractivity contribution is -0.136. The summed E-state index contributed by atoms with van der Waals surface area (Å²) in [5.74, 6) is 0.464. The molecule has 0 saturated carbocycles. The van der Waals surface area contributed by atoms with Crippen molar-refractivity contribution < 1.29 is 14.7 Å². The Morgan fingerprint density at radius 1 is 1.03 bits per heavy atom. The lowest BCUT2D eigenvalue weighted by Crippen LogP contribution is -2.21. The zero-order valence-electron chi connectivity index (χ0n) is 19.1. The van der Waals surface area contributed by atoms with E-state index in [1.165, 1.54) is 0 Å². The van der Waals surface area contributed by atoms with Gasteiger partial charge in [-0.05, 0) is 41.5 Å². The van der Waals surface area contributed by atoms with Gasteiger partial charge in [-0.3, -0.25) is 9.59 Å². The molecule has 0 aliphatic rings. The summed E-state index contributed by atoms with van der Waals surface area (Å²) >= 11 is 9.37. The number of aliphatic carboxylic acids is 1. The Labute approximate surface area is 213 Å². The predicted octanol–water partition coefficient (Wildman–Crippen LogP) is 6.48. The molecule has 0 aliphatic heterocycles. The summed E-state index contributed by atoms with van der Waals surface area (Å²) in [6.07, 6.45) is 4.54. The first-order valence-electron chi connectivity index (χ1n) is 10.8. The highest BCUT2D eigenvalue weighted by Gasteiger charge is 2.15. The molecule has 0 fully saturated rings. The molecule has 3 aromatic rings. The van der Waals surface area contributed by atoms with Crippen LogP contribution in [0.15, 0.2) is 54.6 Å². The van der Waals surface area contributed by atoms with Crippen LogP contribution in [-0.2, 0) is 9.59 Å². The van der Waals surface area contributed by atoms with Crippen molar-refractivity contribution in [2.45, 2.75) is 17.4 Å². The molecule has 1 unspecified atom stereocenters. The molecule has 0 bridgehead atoms. The number of carbonyl (C=O) groups excluding carboxylic acids is 1. The van der Waals surface area contributed by atoms with Gasteiger partial charge in [-0.1, -0.05) is 48.0 Å². The molecule has 5 nitrogen and oxygen atoms in total. The number of aromatic nitrogens is 1. The zero-order chi connectivity index (χ0) is 24.5. The van der Waals surface area contributed by atoms with Gasteiger partial charge in [-0.2, -0.15) is 0 Å². The quantitative estimate of drug-likeness (QED) is 0.295. The van der Waals surface area contributed by atoms with Crippen molar-refractivity contribution >= 4 is 70.1 Å². The van der Waals surface area contributed by atoms with E-state index in [2.05, 4.69) is 11.1 Å². The van der Waals surface area contributed by atoms with E-state index in [1.54, 1.807) is 42.5 Å². The van der Waals surface area contributed by atoms with Crippen LogP contribution in [0.1, 0.15) is 34.2 Å². The second kappa shape index (κ2) is 12.8. The minimum atomic E-state index is -0.806. The van der Waals surface area contributed by atoms with Gasteiger partial charge in [0.1, 0.15) is 0 Å². The fourth-order valence-electron chi connectivity index (χ4n) is 3.16. The lowest BCUT2D eigenvalue weighted by Gasteiger charge is -2.18. The van der Waals surface area contributed by atoms with Crippen LogP contribution in [0.2, 0.25) is 5.02 Å². The topological polar surface area (TPSA) is 70.5 Å². The van der Waals surface area contributed by atoms with Crippen molar-refractivity contribution in [3.8, 4) is 0 Å². The zero-order valence-corrected chi connectivity index (χ0v) is 21.5. The molecule has 1 N–H and O–H groups in total. The number of nitrogens with zero attached hydrogens (tertiary/aromatic N) is 2. The number of fused-ring (bicyclic) bond motifs is 1. The van der Waals surface area contributed by atoms with E-state index >= 15 is 0 Å². The van der Waals surface area contributed by atoms with Crippen LogP contribution < -0.4 is 0 Å². The van der Waals surface area contributed by atoms with Crippen LogP contribution in [0.5, 0.6) is 0 Å². The van der Waals surface area contributed by atoms with E-state index < -0.39 is 5.97 Å². The predicted molar refractivity (Wildman–Crippen MR) is 145 cm³/mol. The van der Waals surface area contributed by atoms with Gasteiger partial charge in [0.2, 0.25) is 5.91 Å². The smallest absolute Gasteiger partial charge is 0.304 e. The summed E-state index contributed by atoms with van der Waals surface area (Å²) in [5.41, 5.74) is 3.81. The number of halogens is 1. The van der Waals surface area contributed by atoms with Crippen LogP contribution in [0.3, 0.4) is 0 Å². The highest BCUT2D eigenvalue weighted by molar-refractivity contribution is 8.16. The number of thioether (sulfide) groups is 2. The first-order chi connectivity index (χ1) is 16.3. The minimum absolute atomic E-state index is 0.0450. The molecule has 1 heterocycles. The van der Waals surface area contributed by atoms with Gasteiger partial charge in [-0.15, -0.1) is 23.5 Å². The van der Waals surface area contributed by atoms with Crippen molar-refractivity contribution in [3.63, 3.8) is 0 Å². The van der Waals surface area contributed by atoms with Crippen LogP contribution in [0.25, 0.3) is 23.1 Å². The van der Waals surface area contributed by atoms with E-state index in [0.29, 0.717) is 22.9 Å². The number of hydrogen-bond donors (Lipinski definition) is 1. The van der Waals surface area contributed by atoms with Crippen LogP contribution in [-0.4, -0.2) is 52.5 Å². The number of amides is 1. The molecule has 1 atom stereocenters. The maximum absolute atomic E-state index is 11.9. The summed E-state index contributed by atoms with van der Waals surface area (Å²) in [5, 5.41) is 10.7. The highest BCUT2D eigenvalue weighted by atomic mass is 35.5. The van der Waals surface area contributed by atoms with Crippen molar-refractivity contribution in [1.29, 1.82) is 0 Å². The third kappa shape index (κ3) is 8.08. The lowest BCUT2D eigenvalue weighted by atomic mass is 10.1. The minimum Gasteiger partial charge on any atom is -0.481 e. The molecule has 2 aromatic carbocycles. The second-order valence-corrected chi connectivity index (χ2v) is 11.0.